The zero-order chi connectivity index (χ0) is 18.2. The third-order valence-corrected chi connectivity index (χ3v) is 4.89. The Morgan fingerprint density at radius 3 is 2.21 bits per heavy atom. The van der Waals surface area contributed by atoms with E-state index in [9.17, 15) is 4.79 Å². The summed E-state index contributed by atoms with van der Waals surface area (Å²) in [7, 11) is 0. The van der Waals surface area contributed by atoms with Crippen molar-refractivity contribution in [1.82, 2.24) is 0 Å². The standard InChI is InChI=1S/C21H36O3/c1-16(2)8-7-9-17(3)14-15-23-20(22)24-19-12-10-18(11-13-19)21(4,5)6/h8,14,18-19H,7,9-13,15H2,1-6H3. The average Bonchev–Trinajstić information content (AvgIpc) is 2.46. The number of carbonyl (C=O) groups is 1. The molecule has 3 nitrogen and oxygen atoms in total. The van der Waals surface area contributed by atoms with Crippen LogP contribution in [0.5, 0.6) is 0 Å². The molecule has 0 spiro atoms. The Morgan fingerprint density at radius 2 is 1.67 bits per heavy atom. The van der Waals surface area contributed by atoms with E-state index in [-0.39, 0.29) is 6.10 Å². The first-order valence-corrected chi connectivity index (χ1v) is 9.31. The molecule has 0 unspecified atom stereocenters. The van der Waals surface area contributed by atoms with Gasteiger partial charge in [0.2, 0.25) is 0 Å². The van der Waals surface area contributed by atoms with Crippen molar-refractivity contribution < 1.29 is 14.3 Å². The van der Waals surface area contributed by atoms with Gasteiger partial charge in [0.1, 0.15) is 12.7 Å². The van der Waals surface area contributed by atoms with Crippen LogP contribution in [0.4, 0.5) is 4.79 Å². The fraction of sp³-hybridized carbons (Fsp3) is 0.762. The summed E-state index contributed by atoms with van der Waals surface area (Å²) >= 11 is 0. The zero-order valence-corrected chi connectivity index (χ0v) is 16.5. The normalized spacial score (nSPS) is 22.0. The van der Waals surface area contributed by atoms with Crippen LogP contribution in [0.25, 0.3) is 0 Å². The van der Waals surface area contributed by atoms with Gasteiger partial charge >= 0.3 is 6.16 Å². The largest absolute Gasteiger partial charge is 0.508 e. The fourth-order valence-corrected chi connectivity index (χ4v) is 3.16. The highest BCUT2D eigenvalue weighted by atomic mass is 16.7. The average molecular weight is 337 g/mol. The highest BCUT2D eigenvalue weighted by Gasteiger charge is 2.31. The molecule has 1 saturated carbocycles. The van der Waals surface area contributed by atoms with E-state index in [2.05, 4.69) is 47.6 Å². The van der Waals surface area contributed by atoms with Crippen LogP contribution in [0, 0.1) is 11.3 Å². The Kier molecular flexibility index (Phi) is 8.58. The summed E-state index contributed by atoms with van der Waals surface area (Å²) in [5.74, 6) is 0.722. The quantitative estimate of drug-likeness (QED) is 0.414. The van der Waals surface area contributed by atoms with Gasteiger partial charge in [-0.05, 0) is 76.7 Å². The monoisotopic (exact) mass is 336 g/mol. The zero-order valence-electron chi connectivity index (χ0n) is 16.5. The second kappa shape index (κ2) is 9.90. The summed E-state index contributed by atoms with van der Waals surface area (Å²) in [6, 6.07) is 0. The van der Waals surface area contributed by atoms with Crippen molar-refractivity contribution in [1.29, 1.82) is 0 Å². The molecule has 0 aromatic rings. The molecule has 0 aliphatic heterocycles. The first-order valence-electron chi connectivity index (χ1n) is 9.31. The number of rotatable bonds is 6. The van der Waals surface area contributed by atoms with Crippen LogP contribution in [0.2, 0.25) is 0 Å². The predicted octanol–water partition coefficient (Wildman–Crippen LogP) is 6.44. The van der Waals surface area contributed by atoms with Crippen molar-refractivity contribution in [2.45, 2.75) is 86.2 Å². The van der Waals surface area contributed by atoms with Crippen molar-refractivity contribution in [3.8, 4) is 0 Å². The molecule has 24 heavy (non-hydrogen) atoms. The van der Waals surface area contributed by atoms with Gasteiger partial charge in [-0.1, -0.05) is 38.0 Å². The first kappa shape index (κ1) is 20.8. The maximum absolute atomic E-state index is 11.8. The molecule has 1 fully saturated rings. The van der Waals surface area contributed by atoms with Crippen LogP contribution in [-0.4, -0.2) is 18.9 Å². The van der Waals surface area contributed by atoms with E-state index in [1.807, 2.05) is 6.08 Å². The predicted molar refractivity (Wildman–Crippen MR) is 100 cm³/mol. The Morgan fingerprint density at radius 1 is 1.04 bits per heavy atom. The van der Waals surface area contributed by atoms with Crippen molar-refractivity contribution in [2.24, 2.45) is 11.3 Å². The molecule has 0 bridgehead atoms. The van der Waals surface area contributed by atoms with Crippen LogP contribution < -0.4 is 0 Å². The molecule has 0 amide bonds. The number of allylic oxidation sites excluding steroid dienone is 3. The van der Waals surface area contributed by atoms with Gasteiger partial charge in [-0.2, -0.15) is 0 Å². The molecule has 1 aliphatic carbocycles. The summed E-state index contributed by atoms with van der Waals surface area (Å²) in [6.45, 7) is 13.5. The minimum absolute atomic E-state index is 0.0267. The minimum Gasteiger partial charge on any atom is -0.431 e. The summed E-state index contributed by atoms with van der Waals surface area (Å²) in [4.78, 5) is 11.8. The van der Waals surface area contributed by atoms with Crippen molar-refractivity contribution in [2.75, 3.05) is 6.61 Å². The van der Waals surface area contributed by atoms with Crippen molar-refractivity contribution >= 4 is 6.16 Å². The second-order valence-corrected chi connectivity index (χ2v) is 8.39. The van der Waals surface area contributed by atoms with Crippen molar-refractivity contribution in [3.63, 3.8) is 0 Å². The van der Waals surface area contributed by atoms with Crippen LogP contribution in [0.15, 0.2) is 23.3 Å². The Balaban J connectivity index is 2.22. The molecule has 1 aliphatic rings. The molecule has 3 heteroatoms. The molecule has 138 valence electrons. The summed E-state index contributed by atoms with van der Waals surface area (Å²) in [5, 5.41) is 0. The Bertz CT molecular complexity index is 442. The van der Waals surface area contributed by atoms with Crippen LogP contribution in [-0.2, 0) is 9.47 Å². The smallest absolute Gasteiger partial charge is 0.431 e. The van der Waals surface area contributed by atoms with E-state index < -0.39 is 6.16 Å². The number of ether oxygens (including phenoxy) is 2. The van der Waals surface area contributed by atoms with E-state index in [0.29, 0.717) is 12.0 Å². The molecule has 0 atom stereocenters. The lowest BCUT2D eigenvalue weighted by molar-refractivity contribution is 0.00187. The summed E-state index contributed by atoms with van der Waals surface area (Å²) < 4.78 is 10.6. The second-order valence-electron chi connectivity index (χ2n) is 8.39. The van der Waals surface area contributed by atoms with E-state index >= 15 is 0 Å². The van der Waals surface area contributed by atoms with E-state index in [4.69, 9.17) is 9.47 Å². The molecule has 1 rings (SSSR count). The van der Waals surface area contributed by atoms with Gasteiger partial charge in [-0.25, -0.2) is 4.79 Å². The molecular formula is C21H36O3. The van der Waals surface area contributed by atoms with E-state index in [1.165, 1.54) is 11.1 Å². The van der Waals surface area contributed by atoms with E-state index in [1.54, 1.807) is 0 Å². The van der Waals surface area contributed by atoms with Gasteiger partial charge in [-0.15, -0.1) is 0 Å². The van der Waals surface area contributed by atoms with Gasteiger partial charge in [0, 0.05) is 0 Å². The lowest BCUT2D eigenvalue weighted by Gasteiger charge is -2.36. The van der Waals surface area contributed by atoms with Gasteiger partial charge in [0.05, 0.1) is 0 Å². The lowest BCUT2D eigenvalue weighted by Crippen LogP contribution is -2.30. The van der Waals surface area contributed by atoms with Gasteiger partial charge in [-0.3, -0.25) is 0 Å². The van der Waals surface area contributed by atoms with Gasteiger partial charge in [0.25, 0.3) is 0 Å². The SMILES string of the molecule is CC(C)=CCCC(C)=CCOC(=O)OC1CCC(C(C)(C)C)CC1. The number of carbonyl (C=O) groups excluding carboxylic acids is 1. The first-order chi connectivity index (χ1) is 11.2. The van der Waals surface area contributed by atoms with Crippen LogP contribution in [0.3, 0.4) is 0 Å². The number of hydrogen-bond acceptors (Lipinski definition) is 3. The number of hydrogen-bond donors (Lipinski definition) is 0. The maximum Gasteiger partial charge on any atom is 0.508 e. The molecule has 0 heterocycles. The molecule has 0 radical (unpaired) electrons. The third-order valence-electron chi connectivity index (χ3n) is 4.89. The van der Waals surface area contributed by atoms with Crippen LogP contribution >= 0.6 is 0 Å². The molecule has 0 N–H and O–H groups in total. The van der Waals surface area contributed by atoms with E-state index in [0.717, 1.165) is 44.4 Å². The summed E-state index contributed by atoms with van der Waals surface area (Å²) in [6.07, 6.45) is 9.89. The molecule has 0 aromatic heterocycles. The molecule has 0 aromatic carbocycles. The van der Waals surface area contributed by atoms with Gasteiger partial charge in [0.15, 0.2) is 0 Å². The van der Waals surface area contributed by atoms with Gasteiger partial charge < -0.3 is 9.47 Å². The Labute approximate surface area is 148 Å². The third kappa shape index (κ3) is 8.56. The fourth-order valence-electron chi connectivity index (χ4n) is 3.16. The maximum atomic E-state index is 11.8. The highest BCUT2D eigenvalue weighted by molar-refractivity contribution is 5.60. The minimum atomic E-state index is -0.525. The Hall–Kier alpha value is -1.25. The van der Waals surface area contributed by atoms with Crippen LogP contribution in [0.1, 0.15) is 80.1 Å². The summed E-state index contributed by atoms with van der Waals surface area (Å²) in [5.41, 5.74) is 2.93. The molecular weight excluding hydrogens is 300 g/mol. The lowest BCUT2D eigenvalue weighted by atomic mass is 9.72. The highest BCUT2D eigenvalue weighted by Crippen LogP contribution is 2.38. The topological polar surface area (TPSA) is 35.5 Å². The molecule has 0 saturated heterocycles. The van der Waals surface area contributed by atoms with Crippen molar-refractivity contribution in [3.05, 3.63) is 23.3 Å².